The highest BCUT2D eigenvalue weighted by Gasteiger charge is 2.28. The molecule has 0 saturated carbocycles. The molecule has 1 unspecified atom stereocenters. The smallest absolute Gasteiger partial charge is 0.242 e. The van der Waals surface area contributed by atoms with Crippen molar-refractivity contribution in [1.82, 2.24) is 10.2 Å². The topological polar surface area (TPSA) is 49.4 Å². The van der Waals surface area contributed by atoms with E-state index in [1.54, 1.807) is 16.7 Å². The summed E-state index contributed by atoms with van der Waals surface area (Å²) in [6, 6.07) is 15.8. The molecule has 2 amide bonds. The molecule has 2 rings (SSSR count). The third kappa shape index (κ3) is 6.91. The van der Waals surface area contributed by atoms with Crippen LogP contribution in [0.4, 0.5) is 0 Å². The van der Waals surface area contributed by atoms with E-state index in [2.05, 4.69) is 24.4 Å². The highest BCUT2D eigenvalue weighted by atomic mass is 32.2. The molecule has 5 heteroatoms. The Hall–Kier alpha value is -2.27. The highest BCUT2D eigenvalue weighted by molar-refractivity contribution is 7.99. The number of amides is 2. The van der Waals surface area contributed by atoms with Gasteiger partial charge >= 0.3 is 0 Å². The van der Waals surface area contributed by atoms with E-state index in [1.807, 2.05) is 57.2 Å². The molecule has 0 aliphatic rings. The van der Waals surface area contributed by atoms with Gasteiger partial charge in [0.25, 0.3) is 0 Å². The van der Waals surface area contributed by atoms with Crippen LogP contribution in [0, 0.1) is 13.8 Å². The lowest BCUT2D eigenvalue weighted by Crippen LogP contribution is -2.49. The van der Waals surface area contributed by atoms with Crippen LogP contribution in [-0.4, -0.2) is 35.1 Å². The minimum absolute atomic E-state index is 0.00957. The van der Waals surface area contributed by atoms with E-state index in [9.17, 15) is 9.59 Å². The van der Waals surface area contributed by atoms with Gasteiger partial charge in [-0.25, -0.2) is 0 Å². The number of aryl methyl sites for hydroxylation is 2. The summed E-state index contributed by atoms with van der Waals surface area (Å²) in [6.07, 6.45) is 1.47. The largest absolute Gasteiger partial charge is 0.354 e. The molecule has 0 spiro atoms. The summed E-state index contributed by atoms with van der Waals surface area (Å²) in [6.45, 7) is 9.21. The molecule has 0 aromatic heterocycles. The molecule has 0 bridgehead atoms. The third-order valence-electron chi connectivity index (χ3n) is 5.28. The van der Waals surface area contributed by atoms with Crippen LogP contribution in [0.15, 0.2) is 48.5 Å². The minimum atomic E-state index is -0.456. The van der Waals surface area contributed by atoms with E-state index in [0.717, 1.165) is 23.3 Å². The molecule has 0 fully saturated rings. The molecule has 4 nitrogen and oxygen atoms in total. The lowest BCUT2D eigenvalue weighted by Gasteiger charge is -2.31. The summed E-state index contributed by atoms with van der Waals surface area (Å²) in [5.74, 6) is 1.09. The molecule has 2 aromatic carbocycles. The SMILES string of the molecule is CCCNC(=O)C(CC)N(Cc1ccccc1C)C(=O)CSCc1ccccc1C. The average molecular weight is 427 g/mol. The van der Waals surface area contributed by atoms with Gasteiger partial charge < -0.3 is 10.2 Å². The van der Waals surface area contributed by atoms with Crippen LogP contribution in [-0.2, 0) is 21.9 Å². The molecule has 2 aromatic rings. The number of rotatable bonds is 11. The zero-order valence-corrected chi connectivity index (χ0v) is 19.4. The zero-order valence-electron chi connectivity index (χ0n) is 18.6. The van der Waals surface area contributed by atoms with Crippen LogP contribution in [0.2, 0.25) is 0 Å². The normalized spacial score (nSPS) is 11.7. The summed E-state index contributed by atoms with van der Waals surface area (Å²) in [7, 11) is 0. The van der Waals surface area contributed by atoms with E-state index in [-0.39, 0.29) is 11.8 Å². The van der Waals surface area contributed by atoms with Crippen molar-refractivity contribution in [2.75, 3.05) is 12.3 Å². The van der Waals surface area contributed by atoms with Gasteiger partial charge in [0.05, 0.1) is 5.75 Å². The first-order chi connectivity index (χ1) is 14.5. The Bertz CT molecular complexity index is 837. The lowest BCUT2D eigenvalue weighted by atomic mass is 10.1. The molecule has 1 atom stereocenters. The molecular formula is C25H34N2O2S. The van der Waals surface area contributed by atoms with Crippen LogP contribution >= 0.6 is 11.8 Å². The van der Waals surface area contributed by atoms with E-state index in [4.69, 9.17) is 0 Å². The Morgan fingerprint density at radius 2 is 1.57 bits per heavy atom. The van der Waals surface area contributed by atoms with E-state index >= 15 is 0 Å². The van der Waals surface area contributed by atoms with Crippen LogP contribution in [0.1, 0.15) is 48.9 Å². The van der Waals surface area contributed by atoms with Crippen molar-refractivity contribution in [1.29, 1.82) is 0 Å². The maximum absolute atomic E-state index is 13.2. The second kappa shape index (κ2) is 12.4. The minimum Gasteiger partial charge on any atom is -0.354 e. The number of benzene rings is 2. The molecule has 0 saturated heterocycles. The third-order valence-corrected chi connectivity index (χ3v) is 6.25. The first-order valence-electron chi connectivity index (χ1n) is 10.7. The van der Waals surface area contributed by atoms with Gasteiger partial charge in [0.15, 0.2) is 0 Å². The molecule has 162 valence electrons. The first kappa shape index (κ1) is 24.0. The molecule has 0 aliphatic carbocycles. The number of thioether (sulfide) groups is 1. The molecule has 0 heterocycles. The Balaban J connectivity index is 2.14. The number of carbonyl (C=O) groups excluding carboxylic acids is 2. The maximum atomic E-state index is 13.2. The second-order valence-electron chi connectivity index (χ2n) is 7.58. The van der Waals surface area contributed by atoms with Gasteiger partial charge in [0.1, 0.15) is 6.04 Å². The first-order valence-corrected chi connectivity index (χ1v) is 11.9. The summed E-state index contributed by atoms with van der Waals surface area (Å²) in [4.78, 5) is 27.8. The Kier molecular flexibility index (Phi) is 9.95. The molecule has 0 radical (unpaired) electrons. The molecule has 1 N–H and O–H groups in total. The predicted octanol–water partition coefficient (Wildman–Crippen LogP) is 4.87. The summed E-state index contributed by atoms with van der Waals surface area (Å²) in [5.41, 5.74) is 4.69. The van der Waals surface area contributed by atoms with Crippen LogP contribution in [0.3, 0.4) is 0 Å². The van der Waals surface area contributed by atoms with Gasteiger partial charge in [-0.3, -0.25) is 9.59 Å². The fourth-order valence-corrected chi connectivity index (χ4v) is 4.35. The van der Waals surface area contributed by atoms with Gasteiger partial charge in [0, 0.05) is 18.8 Å². The maximum Gasteiger partial charge on any atom is 0.242 e. The second-order valence-corrected chi connectivity index (χ2v) is 8.57. The van der Waals surface area contributed by atoms with Crippen molar-refractivity contribution in [2.45, 2.75) is 58.9 Å². The standard InChI is InChI=1S/C25H34N2O2S/c1-5-15-26-25(29)23(6-2)27(16-21-13-9-7-11-19(21)3)24(28)18-30-17-22-14-10-8-12-20(22)4/h7-14,23H,5-6,15-18H2,1-4H3,(H,26,29). The van der Waals surface area contributed by atoms with E-state index < -0.39 is 6.04 Å². The Labute approximate surface area is 185 Å². The Morgan fingerprint density at radius 3 is 2.13 bits per heavy atom. The van der Waals surface area contributed by atoms with Crippen LogP contribution < -0.4 is 5.32 Å². The van der Waals surface area contributed by atoms with Gasteiger partial charge in [-0.15, -0.1) is 11.8 Å². The van der Waals surface area contributed by atoms with Gasteiger partial charge in [-0.2, -0.15) is 0 Å². The Morgan fingerprint density at radius 1 is 0.967 bits per heavy atom. The van der Waals surface area contributed by atoms with Crippen molar-refractivity contribution >= 4 is 23.6 Å². The molecular weight excluding hydrogens is 392 g/mol. The van der Waals surface area contributed by atoms with Crippen molar-refractivity contribution in [2.24, 2.45) is 0 Å². The van der Waals surface area contributed by atoms with E-state index in [0.29, 0.717) is 25.3 Å². The zero-order chi connectivity index (χ0) is 21.9. The quantitative estimate of drug-likeness (QED) is 0.558. The van der Waals surface area contributed by atoms with Crippen molar-refractivity contribution < 1.29 is 9.59 Å². The average Bonchev–Trinajstić information content (AvgIpc) is 2.74. The number of nitrogens with one attached hydrogen (secondary N) is 1. The molecule has 30 heavy (non-hydrogen) atoms. The van der Waals surface area contributed by atoms with Crippen molar-refractivity contribution in [3.05, 3.63) is 70.8 Å². The number of nitrogens with zero attached hydrogens (tertiary/aromatic N) is 1. The molecule has 0 aliphatic heterocycles. The summed E-state index contributed by atoms with van der Waals surface area (Å²) >= 11 is 1.61. The van der Waals surface area contributed by atoms with Gasteiger partial charge in [-0.05, 0) is 48.9 Å². The van der Waals surface area contributed by atoms with Crippen LogP contribution in [0.5, 0.6) is 0 Å². The van der Waals surface area contributed by atoms with E-state index in [1.165, 1.54) is 11.1 Å². The lowest BCUT2D eigenvalue weighted by molar-refractivity contribution is -0.139. The number of hydrogen-bond acceptors (Lipinski definition) is 3. The predicted molar refractivity (Wildman–Crippen MR) is 126 cm³/mol. The summed E-state index contributed by atoms with van der Waals surface area (Å²) in [5, 5.41) is 2.97. The van der Waals surface area contributed by atoms with Gasteiger partial charge in [0.2, 0.25) is 11.8 Å². The highest BCUT2D eigenvalue weighted by Crippen LogP contribution is 2.20. The monoisotopic (exact) mass is 426 g/mol. The number of carbonyl (C=O) groups is 2. The fraction of sp³-hybridized carbons (Fsp3) is 0.440. The fourth-order valence-electron chi connectivity index (χ4n) is 3.36. The van der Waals surface area contributed by atoms with Gasteiger partial charge in [-0.1, -0.05) is 62.4 Å². The number of hydrogen-bond donors (Lipinski definition) is 1. The van der Waals surface area contributed by atoms with Crippen LogP contribution in [0.25, 0.3) is 0 Å². The van der Waals surface area contributed by atoms with Crippen molar-refractivity contribution in [3.8, 4) is 0 Å². The summed E-state index contributed by atoms with van der Waals surface area (Å²) < 4.78 is 0. The van der Waals surface area contributed by atoms with Crippen molar-refractivity contribution in [3.63, 3.8) is 0 Å².